The fourth-order valence-corrected chi connectivity index (χ4v) is 2.86. The van der Waals surface area contributed by atoms with Crippen LogP contribution in [0, 0.1) is 0 Å². The molecule has 1 aromatic carbocycles. The second-order valence-corrected chi connectivity index (χ2v) is 6.91. The van der Waals surface area contributed by atoms with Crippen LogP contribution in [0.25, 0.3) is 0 Å². The number of unbranched alkanes of at least 4 members (excludes halogenated alkanes) is 9. The van der Waals surface area contributed by atoms with Gasteiger partial charge in [-0.25, -0.2) is 4.79 Å². The van der Waals surface area contributed by atoms with Gasteiger partial charge < -0.3 is 14.2 Å². The quantitative estimate of drug-likeness (QED) is 0.239. The van der Waals surface area contributed by atoms with Crippen LogP contribution in [-0.4, -0.2) is 39.0 Å². The van der Waals surface area contributed by atoms with E-state index in [0.717, 1.165) is 13.0 Å². The van der Waals surface area contributed by atoms with Crippen molar-refractivity contribution in [3.05, 3.63) is 35.9 Å². The lowest BCUT2D eigenvalue weighted by atomic mass is 10.1. The Morgan fingerprint density at radius 3 is 1.81 bits per heavy atom. The lowest BCUT2D eigenvalue weighted by Gasteiger charge is -2.07. The molecule has 0 aliphatic carbocycles. The summed E-state index contributed by atoms with van der Waals surface area (Å²) >= 11 is 0. The summed E-state index contributed by atoms with van der Waals surface area (Å²) in [6.07, 6.45) is 13.4. The van der Waals surface area contributed by atoms with Gasteiger partial charge in [0.25, 0.3) is 0 Å². The van der Waals surface area contributed by atoms with Crippen molar-refractivity contribution in [2.75, 3.05) is 33.0 Å². The highest BCUT2D eigenvalue weighted by molar-refractivity contribution is 5.89. The predicted octanol–water partition coefficient (Wildman–Crippen LogP) is 5.80. The molecule has 0 unspecified atom stereocenters. The van der Waals surface area contributed by atoms with E-state index < -0.39 is 0 Å². The average Bonchev–Trinajstić information content (AvgIpc) is 2.70. The number of esters is 1. The number of hydrogen-bond acceptors (Lipinski definition) is 4. The van der Waals surface area contributed by atoms with Gasteiger partial charge in [0, 0.05) is 6.61 Å². The fourth-order valence-electron chi connectivity index (χ4n) is 2.86. The molecule has 1 rings (SSSR count). The Bertz CT molecular complexity index is 447. The lowest BCUT2D eigenvalue weighted by molar-refractivity contribution is 0.0141. The molecule has 0 heterocycles. The average molecular weight is 379 g/mol. The maximum absolute atomic E-state index is 11.7. The van der Waals surface area contributed by atoms with Crippen molar-refractivity contribution in [2.45, 2.75) is 71.1 Å². The Morgan fingerprint density at radius 2 is 1.19 bits per heavy atom. The van der Waals surface area contributed by atoms with Gasteiger partial charge >= 0.3 is 5.97 Å². The number of rotatable bonds is 18. The van der Waals surface area contributed by atoms with Gasteiger partial charge in [0.15, 0.2) is 0 Å². The number of benzene rings is 1. The molecule has 1 aromatic rings. The topological polar surface area (TPSA) is 44.8 Å². The molecule has 4 heteroatoms. The van der Waals surface area contributed by atoms with Gasteiger partial charge in [0.2, 0.25) is 0 Å². The van der Waals surface area contributed by atoms with E-state index in [1.807, 2.05) is 18.2 Å². The Kier molecular flexibility index (Phi) is 15.8. The van der Waals surface area contributed by atoms with Crippen LogP contribution in [0.3, 0.4) is 0 Å². The number of carbonyl (C=O) groups is 1. The summed E-state index contributed by atoms with van der Waals surface area (Å²) in [5, 5.41) is 0. The van der Waals surface area contributed by atoms with Crippen LogP contribution in [0.4, 0.5) is 0 Å². The van der Waals surface area contributed by atoms with Crippen molar-refractivity contribution in [2.24, 2.45) is 0 Å². The molecule has 0 atom stereocenters. The minimum Gasteiger partial charge on any atom is -0.460 e. The van der Waals surface area contributed by atoms with E-state index >= 15 is 0 Å². The van der Waals surface area contributed by atoms with Gasteiger partial charge in [-0.3, -0.25) is 0 Å². The molecule has 0 saturated heterocycles. The molecule has 0 N–H and O–H groups in total. The highest BCUT2D eigenvalue weighted by Crippen LogP contribution is 2.10. The van der Waals surface area contributed by atoms with Gasteiger partial charge in [-0.1, -0.05) is 82.9 Å². The number of ether oxygens (including phenoxy) is 3. The van der Waals surface area contributed by atoms with E-state index in [1.165, 1.54) is 57.8 Å². The van der Waals surface area contributed by atoms with Crippen molar-refractivity contribution in [3.63, 3.8) is 0 Å². The van der Waals surface area contributed by atoms with Crippen molar-refractivity contribution < 1.29 is 19.0 Å². The zero-order valence-corrected chi connectivity index (χ0v) is 17.1. The first kappa shape index (κ1) is 23.6. The lowest BCUT2D eigenvalue weighted by Crippen LogP contribution is -2.13. The van der Waals surface area contributed by atoms with E-state index in [0.29, 0.717) is 25.4 Å². The minimum atomic E-state index is -0.309. The molecule has 0 aromatic heterocycles. The van der Waals surface area contributed by atoms with Crippen LogP contribution in [0.15, 0.2) is 30.3 Å². The molecule has 0 saturated carbocycles. The summed E-state index contributed by atoms with van der Waals surface area (Å²) in [4.78, 5) is 11.7. The number of hydrogen-bond donors (Lipinski definition) is 0. The summed E-state index contributed by atoms with van der Waals surface area (Å²) in [7, 11) is 0. The van der Waals surface area contributed by atoms with Crippen LogP contribution < -0.4 is 0 Å². The molecule has 0 amide bonds. The minimum absolute atomic E-state index is 0.270. The zero-order valence-electron chi connectivity index (χ0n) is 17.1. The third-order valence-electron chi connectivity index (χ3n) is 4.48. The van der Waals surface area contributed by atoms with Gasteiger partial charge in [-0.15, -0.1) is 0 Å². The van der Waals surface area contributed by atoms with Crippen LogP contribution in [0.2, 0.25) is 0 Å². The largest absolute Gasteiger partial charge is 0.460 e. The monoisotopic (exact) mass is 378 g/mol. The van der Waals surface area contributed by atoms with E-state index in [2.05, 4.69) is 6.92 Å². The first-order valence-corrected chi connectivity index (χ1v) is 10.7. The third kappa shape index (κ3) is 14.3. The van der Waals surface area contributed by atoms with E-state index in [1.54, 1.807) is 12.1 Å². The van der Waals surface area contributed by atoms with Gasteiger partial charge in [0.05, 0.1) is 25.4 Å². The predicted molar refractivity (Wildman–Crippen MR) is 110 cm³/mol. The molecule has 4 nitrogen and oxygen atoms in total. The highest BCUT2D eigenvalue weighted by Gasteiger charge is 2.04. The maximum atomic E-state index is 11.7. The van der Waals surface area contributed by atoms with E-state index in [4.69, 9.17) is 14.2 Å². The van der Waals surface area contributed by atoms with Gasteiger partial charge in [-0.2, -0.15) is 0 Å². The molecule has 0 radical (unpaired) electrons. The molecule has 0 fully saturated rings. The molecule has 27 heavy (non-hydrogen) atoms. The molecule has 0 spiro atoms. The molecular formula is C23H38O4. The van der Waals surface area contributed by atoms with Crippen molar-refractivity contribution >= 4 is 5.97 Å². The Balaban J connectivity index is 1.75. The standard InChI is InChI=1S/C23H38O4/c1-2-3-4-5-6-7-8-9-10-14-17-25-18-19-26-20-21-27-23(24)22-15-12-11-13-16-22/h11-13,15-16H,2-10,14,17-21H2,1H3. The molecular weight excluding hydrogens is 340 g/mol. The first-order valence-electron chi connectivity index (χ1n) is 10.7. The molecule has 0 bridgehead atoms. The van der Waals surface area contributed by atoms with Crippen LogP contribution in [0.5, 0.6) is 0 Å². The Morgan fingerprint density at radius 1 is 0.667 bits per heavy atom. The zero-order chi connectivity index (χ0) is 19.4. The van der Waals surface area contributed by atoms with Crippen LogP contribution in [-0.2, 0) is 14.2 Å². The van der Waals surface area contributed by atoms with Crippen molar-refractivity contribution in [1.82, 2.24) is 0 Å². The summed E-state index contributed by atoms with van der Waals surface area (Å²) in [5.41, 5.74) is 0.567. The van der Waals surface area contributed by atoms with Gasteiger partial charge in [0.1, 0.15) is 6.61 Å². The Labute approximate surface area is 165 Å². The van der Waals surface area contributed by atoms with E-state index in [-0.39, 0.29) is 12.6 Å². The highest BCUT2D eigenvalue weighted by atomic mass is 16.6. The molecule has 154 valence electrons. The van der Waals surface area contributed by atoms with Crippen molar-refractivity contribution in [3.8, 4) is 0 Å². The first-order chi connectivity index (χ1) is 13.3. The number of carbonyl (C=O) groups excluding carboxylic acids is 1. The molecule has 0 aliphatic rings. The maximum Gasteiger partial charge on any atom is 0.338 e. The Hall–Kier alpha value is -1.39. The smallest absolute Gasteiger partial charge is 0.338 e. The van der Waals surface area contributed by atoms with Crippen LogP contribution in [0.1, 0.15) is 81.5 Å². The SMILES string of the molecule is CCCCCCCCCCCCOCCOCCOC(=O)c1ccccc1. The summed E-state index contributed by atoms with van der Waals surface area (Å²) < 4.78 is 16.1. The molecule has 0 aliphatic heterocycles. The second-order valence-electron chi connectivity index (χ2n) is 6.91. The van der Waals surface area contributed by atoms with Crippen molar-refractivity contribution in [1.29, 1.82) is 0 Å². The van der Waals surface area contributed by atoms with Crippen LogP contribution >= 0.6 is 0 Å². The normalized spacial score (nSPS) is 10.9. The second kappa shape index (κ2) is 18.0. The summed E-state index contributed by atoms with van der Waals surface area (Å²) in [5.74, 6) is -0.309. The van der Waals surface area contributed by atoms with E-state index in [9.17, 15) is 4.79 Å². The third-order valence-corrected chi connectivity index (χ3v) is 4.48. The summed E-state index contributed by atoms with van der Waals surface area (Å²) in [6.45, 7) is 4.89. The fraction of sp³-hybridized carbons (Fsp3) is 0.696. The van der Waals surface area contributed by atoms with Gasteiger partial charge in [-0.05, 0) is 18.6 Å². The summed E-state index contributed by atoms with van der Waals surface area (Å²) in [6, 6.07) is 8.99.